The Morgan fingerprint density at radius 2 is 2.10 bits per heavy atom. The zero-order chi connectivity index (χ0) is 15.0. The smallest absolute Gasteiger partial charge is 0.404 e. The van der Waals surface area contributed by atoms with Gasteiger partial charge in [0.05, 0.1) is 5.39 Å². The van der Waals surface area contributed by atoms with E-state index in [2.05, 4.69) is 34.0 Å². The van der Waals surface area contributed by atoms with E-state index in [1.807, 2.05) is 0 Å². The van der Waals surface area contributed by atoms with Gasteiger partial charge in [0.15, 0.2) is 0 Å². The average molecular weight is 306 g/mol. The lowest BCUT2D eigenvalue weighted by Crippen LogP contribution is -2.44. The maximum Gasteiger partial charge on any atom is 0.404 e. The largest absolute Gasteiger partial charge is 0.465 e. The molecule has 6 nitrogen and oxygen atoms in total. The summed E-state index contributed by atoms with van der Waals surface area (Å²) in [7, 11) is 0. The molecule has 1 aliphatic heterocycles. The molecule has 0 aromatic carbocycles. The molecule has 0 saturated carbocycles. The van der Waals surface area contributed by atoms with Gasteiger partial charge in [0.1, 0.15) is 17.0 Å². The fraction of sp³-hybridized carbons (Fsp3) is 0.500. The second-order valence-electron chi connectivity index (χ2n) is 5.37. The predicted molar refractivity (Wildman–Crippen MR) is 83.3 cm³/mol. The molecule has 0 atom stereocenters. The first kappa shape index (κ1) is 14.1. The van der Waals surface area contributed by atoms with Crippen LogP contribution < -0.4 is 10.2 Å². The van der Waals surface area contributed by atoms with Crippen LogP contribution in [0.15, 0.2) is 6.33 Å². The lowest BCUT2D eigenvalue weighted by molar-refractivity contribution is 0.187. The van der Waals surface area contributed by atoms with Crippen LogP contribution in [-0.4, -0.2) is 40.3 Å². The number of carboxylic acid groups (broad SMARTS) is 1. The van der Waals surface area contributed by atoms with E-state index in [-0.39, 0.29) is 6.04 Å². The molecule has 1 fully saturated rings. The standard InChI is InChI=1S/C14H18N4O2S/c1-8-9(2)21-13-11(8)12(15-7-16-13)18-5-3-10(4-6-18)17-14(19)20/h7,10,17H,3-6H2,1-2H3,(H,19,20). The number of nitrogens with zero attached hydrogens (tertiary/aromatic N) is 3. The Balaban J connectivity index is 1.84. The third-order valence-electron chi connectivity index (χ3n) is 4.07. The molecule has 1 aliphatic rings. The fourth-order valence-electron chi connectivity index (χ4n) is 2.81. The molecule has 3 heterocycles. The molecular formula is C14H18N4O2S. The minimum absolute atomic E-state index is 0.0429. The summed E-state index contributed by atoms with van der Waals surface area (Å²) in [6.07, 6.45) is 2.29. The summed E-state index contributed by atoms with van der Waals surface area (Å²) in [5.41, 5.74) is 1.25. The van der Waals surface area contributed by atoms with Crippen molar-refractivity contribution in [2.45, 2.75) is 32.7 Å². The summed E-state index contributed by atoms with van der Waals surface area (Å²) in [5, 5.41) is 12.5. The van der Waals surface area contributed by atoms with Crippen molar-refractivity contribution in [3.8, 4) is 0 Å². The maximum absolute atomic E-state index is 10.7. The zero-order valence-corrected chi connectivity index (χ0v) is 12.9. The molecular weight excluding hydrogens is 288 g/mol. The van der Waals surface area contributed by atoms with Crippen LogP contribution in [0.25, 0.3) is 10.2 Å². The second kappa shape index (κ2) is 5.48. The Hall–Kier alpha value is -1.89. The highest BCUT2D eigenvalue weighted by molar-refractivity contribution is 7.18. The molecule has 0 bridgehead atoms. The van der Waals surface area contributed by atoms with Crippen molar-refractivity contribution in [1.29, 1.82) is 0 Å². The molecule has 0 unspecified atom stereocenters. The van der Waals surface area contributed by atoms with Crippen LogP contribution in [0.3, 0.4) is 0 Å². The normalized spacial score (nSPS) is 16.4. The maximum atomic E-state index is 10.7. The Morgan fingerprint density at radius 1 is 1.38 bits per heavy atom. The van der Waals surface area contributed by atoms with Crippen LogP contribution in [0, 0.1) is 13.8 Å². The highest BCUT2D eigenvalue weighted by atomic mass is 32.1. The molecule has 0 spiro atoms. The minimum atomic E-state index is -0.942. The van der Waals surface area contributed by atoms with Crippen LogP contribution in [-0.2, 0) is 0 Å². The van der Waals surface area contributed by atoms with Gasteiger partial charge in [-0.2, -0.15) is 0 Å². The summed E-state index contributed by atoms with van der Waals surface area (Å²) < 4.78 is 0. The summed E-state index contributed by atoms with van der Waals surface area (Å²) >= 11 is 1.70. The Labute approximate surface area is 126 Å². The fourth-order valence-corrected chi connectivity index (χ4v) is 3.81. The highest BCUT2D eigenvalue weighted by Gasteiger charge is 2.24. The van der Waals surface area contributed by atoms with E-state index in [0.29, 0.717) is 0 Å². The number of aromatic nitrogens is 2. The van der Waals surface area contributed by atoms with Gasteiger partial charge in [-0.05, 0) is 32.3 Å². The number of fused-ring (bicyclic) bond motifs is 1. The third-order valence-corrected chi connectivity index (χ3v) is 5.18. The van der Waals surface area contributed by atoms with Gasteiger partial charge in [-0.25, -0.2) is 14.8 Å². The lowest BCUT2D eigenvalue weighted by atomic mass is 10.0. The number of piperidine rings is 1. The van der Waals surface area contributed by atoms with Gasteiger partial charge < -0.3 is 15.3 Å². The van der Waals surface area contributed by atoms with E-state index in [1.165, 1.54) is 10.4 Å². The van der Waals surface area contributed by atoms with Crippen LogP contribution in [0.4, 0.5) is 10.6 Å². The summed E-state index contributed by atoms with van der Waals surface area (Å²) in [4.78, 5) is 24.1. The molecule has 2 N–H and O–H groups in total. The number of nitrogens with one attached hydrogen (secondary N) is 1. The molecule has 2 aromatic heterocycles. The number of hydrogen-bond donors (Lipinski definition) is 2. The van der Waals surface area contributed by atoms with Gasteiger partial charge in [0, 0.05) is 24.0 Å². The molecule has 3 rings (SSSR count). The van der Waals surface area contributed by atoms with E-state index in [0.717, 1.165) is 42.0 Å². The monoisotopic (exact) mass is 306 g/mol. The van der Waals surface area contributed by atoms with E-state index in [4.69, 9.17) is 5.11 Å². The first-order valence-electron chi connectivity index (χ1n) is 7.01. The SMILES string of the molecule is Cc1sc2ncnc(N3CCC(NC(=O)O)CC3)c2c1C. The van der Waals surface area contributed by atoms with E-state index >= 15 is 0 Å². The van der Waals surface area contributed by atoms with Crippen molar-refractivity contribution in [3.63, 3.8) is 0 Å². The van der Waals surface area contributed by atoms with Crippen molar-refractivity contribution in [2.24, 2.45) is 0 Å². The van der Waals surface area contributed by atoms with Crippen LogP contribution in [0.1, 0.15) is 23.3 Å². The van der Waals surface area contributed by atoms with E-state index < -0.39 is 6.09 Å². The number of hydrogen-bond acceptors (Lipinski definition) is 5. The topological polar surface area (TPSA) is 78.4 Å². The average Bonchev–Trinajstić information content (AvgIpc) is 2.74. The molecule has 1 amide bonds. The first-order valence-corrected chi connectivity index (χ1v) is 7.83. The lowest BCUT2D eigenvalue weighted by Gasteiger charge is -2.33. The zero-order valence-electron chi connectivity index (χ0n) is 12.1. The van der Waals surface area contributed by atoms with Gasteiger partial charge >= 0.3 is 6.09 Å². The molecule has 7 heteroatoms. The van der Waals surface area contributed by atoms with Gasteiger partial charge in [-0.3, -0.25) is 0 Å². The second-order valence-corrected chi connectivity index (χ2v) is 6.57. The third kappa shape index (κ3) is 2.65. The van der Waals surface area contributed by atoms with Crippen LogP contribution in [0.5, 0.6) is 0 Å². The van der Waals surface area contributed by atoms with Gasteiger partial charge in [-0.1, -0.05) is 0 Å². The number of thiophene rings is 1. The van der Waals surface area contributed by atoms with Crippen molar-refractivity contribution < 1.29 is 9.90 Å². The van der Waals surface area contributed by atoms with Gasteiger partial charge in [0.25, 0.3) is 0 Å². The van der Waals surface area contributed by atoms with Crippen molar-refractivity contribution in [3.05, 3.63) is 16.8 Å². The molecule has 2 aromatic rings. The van der Waals surface area contributed by atoms with Crippen molar-refractivity contribution in [2.75, 3.05) is 18.0 Å². The highest BCUT2D eigenvalue weighted by Crippen LogP contribution is 2.35. The van der Waals surface area contributed by atoms with Crippen molar-refractivity contribution in [1.82, 2.24) is 15.3 Å². The molecule has 0 radical (unpaired) electrons. The summed E-state index contributed by atoms with van der Waals surface area (Å²) in [5.74, 6) is 0.982. The Bertz CT molecular complexity index is 677. The van der Waals surface area contributed by atoms with Crippen LogP contribution in [0.2, 0.25) is 0 Å². The Morgan fingerprint density at radius 3 is 2.76 bits per heavy atom. The molecule has 112 valence electrons. The van der Waals surface area contributed by atoms with Crippen LogP contribution >= 0.6 is 11.3 Å². The predicted octanol–water partition coefficient (Wildman–Crippen LogP) is 2.54. The van der Waals surface area contributed by atoms with E-state index in [1.54, 1.807) is 17.7 Å². The van der Waals surface area contributed by atoms with Crippen molar-refractivity contribution >= 4 is 33.5 Å². The van der Waals surface area contributed by atoms with E-state index in [9.17, 15) is 4.79 Å². The number of aryl methyl sites for hydroxylation is 2. The minimum Gasteiger partial charge on any atom is -0.465 e. The molecule has 1 saturated heterocycles. The number of carbonyl (C=O) groups is 1. The number of amides is 1. The number of rotatable bonds is 2. The Kier molecular flexibility index (Phi) is 3.67. The molecule has 0 aliphatic carbocycles. The van der Waals surface area contributed by atoms with Gasteiger partial charge in [-0.15, -0.1) is 11.3 Å². The molecule has 21 heavy (non-hydrogen) atoms. The number of anilines is 1. The quantitative estimate of drug-likeness (QED) is 0.891. The first-order chi connectivity index (χ1) is 10.1. The van der Waals surface area contributed by atoms with Gasteiger partial charge in [0.2, 0.25) is 0 Å². The summed E-state index contributed by atoms with van der Waals surface area (Å²) in [6, 6.07) is 0.0429. The summed E-state index contributed by atoms with van der Waals surface area (Å²) in [6.45, 7) is 5.84.